The molecule has 2 rings (SSSR count). The summed E-state index contributed by atoms with van der Waals surface area (Å²) in [6.07, 6.45) is 7.78. The van der Waals surface area contributed by atoms with E-state index >= 15 is 0 Å². The lowest BCUT2D eigenvalue weighted by Crippen LogP contribution is -2.38. The molecule has 0 bridgehead atoms. The van der Waals surface area contributed by atoms with E-state index in [4.69, 9.17) is 18.9 Å². The number of fused-ring (bicyclic) bond motifs is 1. The van der Waals surface area contributed by atoms with Gasteiger partial charge in [-0.3, -0.25) is 0 Å². The Bertz CT molecular complexity index is 808. The molecule has 0 aromatic heterocycles. The second-order valence-corrected chi connectivity index (χ2v) is 11.0. The quantitative estimate of drug-likeness (QED) is 0.224. The van der Waals surface area contributed by atoms with Crippen molar-refractivity contribution in [3.63, 3.8) is 0 Å². The molecule has 37 heavy (non-hydrogen) atoms. The van der Waals surface area contributed by atoms with E-state index in [9.17, 15) is 20.1 Å². The number of allylic oxidation sites excluding steroid dienone is 3. The summed E-state index contributed by atoms with van der Waals surface area (Å²) < 4.78 is 22.7. The third-order valence-corrected chi connectivity index (χ3v) is 7.32. The first-order valence-corrected chi connectivity index (χ1v) is 13.6. The van der Waals surface area contributed by atoms with Crippen LogP contribution in [-0.4, -0.2) is 70.0 Å². The fourth-order valence-corrected chi connectivity index (χ4v) is 4.93. The second kappa shape index (κ2) is 14.4. The monoisotopic (exact) mass is 524 g/mol. The summed E-state index contributed by atoms with van der Waals surface area (Å²) in [5.41, 5.74) is 0.0452. The van der Waals surface area contributed by atoms with E-state index in [1.54, 1.807) is 6.92 Å². The molecule has 1 fully saturated rings. The Morgan fingerprint density at radius 1 is 1.27 bits per heavy atom. The number of carbonyl (C=O) groups excluding carboxylic acids is 1. The van der Waals surface area contributed by atoms with Crippen LogP contribution in [0.3, 0.4) is 0 Å². The highest BCUT2D eigenvalue weighted by molar-refractivity contribution is 5.64. The Hall–Kier alpha value is -1.71. The number of aliphatic hydroxyl groups is 3. The molecule has 0 aromatic carbocycles. The van der Waals surface area contributed by atoms with Crippen molar-refractivity contribution in [1.82, 2.24) is 0 Å². The molecule has 1 saturated heterocycles. The van der Waals surface area contributed by atoms with Crippen LogP contribution in [0, 0.1) is 11.8 Å². The lowest BCUT2D eigenvalue weighted by molar-refractivity contribution is -0.151. The lowest BCUT2D eigenvalue weighted by atomic mass is 9.89. The molecule has 2 heterocycles. The molecular weight excluding hydrogens is 476 g/mol. The van der Waals surface area contributed by atoms with Gasteiger partial charge < -0.3 is 34.3 Å². The van der Waals surface area contributed by atoms with Gasteiger partial charge in [0.25, 0.3) is 0 Å². The maximum atomic E-state index is 11.8. The molecule has 212 valence electrons. The van der Waals surface area contributed by atoms with Gasteiger partial charge in [-0.1, -0.05) is 45.1 Å². The van der Waals surface area contributed by atoms with Crippen molar-refractivity contribution >= 4 is 6.16 Å². The van der Waals surface area contributed by atoms with Crippen molar-refractivity contribution in [3.05, 3.63) is 36.0 Å². The van der Waals surface area contributed by atoms with E-state index in [0.29, 0.717) is 19.3 Å². The maximum Gasteiger partial charge on any atom is 0.509 e. The van der Waals surface area contributed by atoms with Gasteiger partial charge in [-0.15, -0.1) is 0 Å². The van der Waals surface area contributed by atoms with Crippen molar-refractivity contribution < 1.29 is 39.1 Å². The second-order valence-electron chi connectivity index (χ2n) is 11.0. The molecule has 3 N–H and O–H groups in total. The number of rotatable bonds is 9. The van der Waals surface area contributed by atoms with Gasteiger partial charge in [0.15, 0.2) is 18.0 Å². The Kier molecular flexibility index (Phi) is 12.3. The summed E-state index contributed by atoms with van der Waals surface area (Å²) in [6.45, 7) is 13.7. The van der Waals surface area contributed by atoms with E-state index in [1.807, 2.05) is 58.9 Å². The predicted molar refractivity (Wildman–Crippen MR) is 142 cm³/mol. The van der Waals surface area contributed by atoms with Crippen LogP contribution in [0.1, 0.15) is 80.6 Å². The number of aliphatic hydroxyl groups excluding tert-OH is 3. The largest absolute Gasteiger partial charge is 0.509 e. The van der Waals surface area contributed by atoms with Crippen LogP contribution < -0.4 is 0 Å². The summed E-state index contributed by atoms with van der Waals surface area (Å²) >= 11 is 0. The fraction of sp³-hybridized carbons (Fsp3) is 0.759. The van der Waals surface area contributed by atoms with Crippen LogP contribution in [0.4, 0.5) is 4.79 Å². The Morgan fingerprint density at radius 3 is 2.65 bits per heavy atom. The average molecular weight is 525 g/mol. The molecule has 0 spiro atoms. The fourth-order valence-electron chi connectivity index (χ4n) is 4.93. The highest BCUT2D eigenvalue weighted by Crippen LogP contribution is 2.34. The third kappa shape index (κ3) is 9.84. The summed E-state index contributed by atoms with van der Waals surface area (Å²) in [5, 5.41) is 30.9. The minimum absolute atomic E-state index is 0.0154. The zero-order chi connectivity index (χ0) is 27.8. The van der Waals surface area contributed by atoms with E-state index < -0.39 is 42.5 Å². The predicted octanol–water partition coefficient (Wildman–Crippen LogP) is 4.81. The van der Waals surface area contributed by atoms with Gasteiger partial charge in [-0.25, -0.2) is 4.79 Å². The van der Waals surface area contributed by atoms with E-state index in [2.05, 4.69) is 13.0 Å². The van der Waals surface area contributed by atoms with Crippen LogP contribution in [-0.2, 0) is 18.9 Å². The minimum atomic E-state index is -1.13. The molecule has 2 aliphatic rings. The van der Waals surface area contributed by atoms with Crippen molar-refractivity contribution in [3.8, 4) is 0 Å². The zero-order valence-corrected chi connectivity index (χ0v) is 23.5. The SMILES string of the molecule is CCC(O)C(C)OC(C)CC(C)/C=C/C=C(\C)C1OC(O)CC(O)CC[C@]2(C)OC(=O)OC2/C=C/C1C. The summed E-state index contributed by atoms with van der Waals surface area (Å²) in [6, 6.07) is 0. The van der Waals surface area contributed by atoms with E-state index in [0.717, 1.165) is 12.0 Å². The molecule has 2 aliphatic heterocycles. The molecule has 0 aliphatic carbocycles. The van der Waals surface area contributed by atoms with Gasteiger partial charge in [0.1, 0.15) is 0 Å². The normalized spacial score (nSPS) is 35.9. The Labute approximate surface area is 222 Å². The van der Waals surface area contributed by atoms with Crippen LogP contribution in [0.15, 0.2) is 36.0 Å². The van der Waals surface area contributed by atoms with Crippen LogP contribution in [0.2, 0.25) is 0 Å². The molecule has 0 radical (unpaired) electrons. The van der Waals surface area contributed by atoms with Gasteiger partial charge in [0.05, 0.1) is 30.5 Å². The van der Waals surface area contributed by atoms with Crippen molar-refractivity contribution in [2.24, 2.45) is 11.8 Å². The van der Waals surface area contributed by atoms with Gasteiger partial charge in [-0.2, -0.15) is 0 Å². The molecule has 8 heteroatoms. The highest BCUT2D eigenvalue weighted by Gasteiger charge is 2.46. The molecule has 0 amide bonds. The maximum absolute atomic E-state index is 11.8. The first-order chi connectivity index (χ1) is 17.3. The Balaban J connectivity index is 2.10. The number of ether oxygens (including phenoxy) is 4. The lowest BCUT2D eigenvalue weighted by Gasteiger charge is -2.30. The van der Waals surface area contributed by atoms with Gasteiger partial charge in [-0.05, 0) is 70.9 Å². The number of carbonyl (C=O) groups is 1. The molecule has 8 nitrogen and oxygen atoms in total. The molecule has 0 saturated carbocycles. The minimum Gasteiger partial charge on any atom is -0.424 e. The molecule has 10 atom stereocenters. The zero-order valence-electron chi connectivity index (χ0n) is 23.5. The summed E-state index contributed by atoms with van der Waals surface area (Å²) in [5.74, 6) is 0.117. The summed E-state index contributed by atoms with van der Waals surface area (Å²) in [7, 11) is 0. The van der Waals surface area contributed by atoms with Gasteiger partial charge in [0.2, 0.25) is 0 Å². The molecule has 0 aromatic rings. The van der Waals surface area contributed by atoms with Crippen LogP contribution in [0.25, 0.3) is 0 Å². The van der Waals surface area contributed by atoms with Crippen molar-refractivity contribution in [2.45, 2.75) is 129 Å². The standard InChI is InChI=1S/C29H48O8/c1-8-24(31)22(6)34-21(5)16-18(2)10-9-11-19(3)27-20(4)12-13-25-29(7,37-28(33)35-25)15-14-23(30)17-26(32)36-27/h9-13,18,20-27,30-32H,8,14-17H2,1-7H3/b10-9+,13-12+,19-11+/t18?,20?,21?,22?,23?,24?,25?,26?,27?,29-/m0/s1. The van der Waals surface area contributed by atoms with Crippen molar-refractivity contribution in [2.75, 3.05) is 0 Å². The Morgan fingerprint density at radius 2 is 1.97 bits per heavy atom. The molecular formula is C29H48O8. The van der Waals surface area contributed by atoms with Crippen molar-refractivity contribution in [1.29, 1.82) is 0 Å². The van der Waals surface area contributed by atoms with Crippen LogP contribution >= 0.6 is 0 Å². The summed E-state index contributed by atoms with van der Waals surface area (Å²) in [4.78, 5) is 11.8. The van der Waals surface area contributed by atoms with Gasteiger partial charge in [0, 0.05) is 12.3 Å². The first kappa shape index (κ1) is 31.5. The smallest absolute Gasteiger partial charge is 0.424 e. The van der Waals surface area contributed by atoms with Crippen LogP contribution in [0.5, 0.6) is 0 Å². The molecule has 9 unspecified atom stereocenters. The third-order valence-electron chi connectivity index (χ3n) is 7.32. The highest BCUT2D eigenvalue weighted by atomic mass is 16.8. The number of hydrogen-bond donors (Lipinski definition) is 3. The van der Waals surface area contributed by atoms with Gasteiger partial charge >= 0.3 is 6.16 Å². The van der Waals surface area contributed by atoms with E-state index in [1.165, 1.54) is 0 Å². The topological polar surface area (TPSA) is 115 Å². The average Bonchev–Trinajstić information content (AvgIpc) is 3.11. The number of hydrogen-bond acceptors (Lipinski definition) is 8. The first-order valence-electron chi connectivity index (χ1n) is 13.6. The van der Waals surface area contributed by atoms with E-state index in [-0.39, 0.29) is 30.5 Å².